The summed E-state index contributed by atoms with van der Waals surface area (Å²) in [5.41, 5.74) is 6.72. The fourth-order valence-corrected chi connectivity index (χ4v) is 5.05. The van der Waals surface area contributed by atoms with Crippen molar-refractivity contribution in [2.75, 3.05) is 32.7 Å². The largest absolute Gasteiger partial charge is 0.368 e. The van der Waals surface area contributed by atoms with Gasteiger partial charge in [0, 0.05) is 37.4 Å². The van der Waals surface area contributed by atoms with Gasteiger partial charge < -0.3 is 10.2 Å². The van der Waals surface area contributed by atoms with E-state index in [1.165, 1.54) is 34.4 Å². The summed E-state index contributed by atoms with van der Waals surface area (Å²) in [6, 6.07) is 11.0. The first-order valence-corrected chi connectivity index (χ1v) is 11.7. The van der Waals surface area contributed by atoms with Crippen LogP contribution >= 0.6 is 11.6 Å². The monoisotopic (exact) mass is 436 g/mol. The van der Waals surface area contributed by atoms with E-state index in [9.17, 15) is 0 Å². The second kappa shape index (κ2) is 10.4. The van der Waals surface area contributed by atoms with Crippen molar-refractivity contribution in [3.63, 3.8) is 0 Å². The molecule has 1 aliphatic carbocycles. The average molecular weight is 437 g/mol. The lowest BCUT2D eigenvalue weighted by atomic mass is 9.96. The molecule has 2 heterocycles. The number of aryl methyl sites for hydroxylation is 2. The van der Waals surface area contributed by atoms with E-state index in [4.69, 9.17) is 16.6 Å². The molecule has 2 aromatic rings. The number of halogens is 1. The van der Waals surface area contributed by atoms with Gasteiger partial charge in [0.15, 0.2) is 0 Å². The molecule has 1 fully saturated rings. The van der Waals surface area contributed by atoms with Crippen LogP contribution in [0.15, 0.2) is 61.1 Å². The zero-order chi connectivity index (χ0) is 21.6. The summed E-state index contributed by atoms with van der Waals surface area (Å²) in [5.74, 6) is 0. The Morgan fingerprint density at radius 2 is 2.00 bits per heavy atom. The highest BCUT2D eigenvalue weighted by atomic mass is 35.5. The van der Waals surface area contributed by atoms with Crippen LogP contribution in [-0.4, -0.2) is 47.5 Å². The number of piperazine rings is 1. The maximum absolute atomic E-state index is 6.34. The van der Waals surface area contributed by atoms with Crippen LogP contribution in [0.5, 0.6) is 0 Å². The molecule has 0 amide bonds. The topological polar surface area (TPSA) is 31.4 Å². The Bertz CT molecular complexity index is 931. The Balaban J connectivity index is 1.44. The number of fused-ring (bicyclic) bond motifs is 2. The fourth-order valence-electron chi connectivity index (χ4n) is 4.85. The Kier molecular flexibility index (Phi) is 7.44. The van der Waals surface area contributed by atoms with Crippen LogP contribution in [0.4, 0.5) is 0 Å². The normalized spacial score (nSPS) is 19.9. The van der Waals surface area contributed by atoms with Gasteiger partial charge in [0.2, 0.25) is 0 Å². The summed E-state index contributed by atoms with van der Waals surface area (Å²) in [6.45, 7) is 11.4. The van der Waals surface area contributed by atoms with Gasteiger partial charge in [0.25, 0.3) is 0 Å². The third kappa shape index (κ3) is 5.38. The molecular weight excluding hydrogens is 404 g/mol. The van der Waals surface area contributed by atoms with E-state index in [-0.39, 0.29) is 6.04 Å². The Labute approximate surface area is 191 Å². The number of hydrogen-bond acceptors (Lipinski definition) is 4. The van der Waals surface area contributed by atoms with Gasteiger partial charge in [-0.3, -0.25) is 9.88 Å². The number of rotatable bonds is 7. The average Bonchev–Trinajstić information content (AvgIpc) is 2.95. The minimum absolute atomic E-state index is 0.225. The molecule has 1 aliphatic heterocycles. The SMILES string of the molecule is C=CN/C=C(\C)CCCN1CCN(C2c3ccc(Cl)cc3CCc3cccnc32)CC1. The van der Waals surface area contributed by atoms with Crippen molar-refractivity contribution < 1.29 is 0 Å². The Morgan fingerprint density at radius 1 is 1.19 bits per heavy atom. The summed E-state index contributed by atoms with van der Waals surface area (Å²) in [4.78, 5) is 10.1. The molecule has 5 heteroatoms. The van der Waals surface area contributed by atoms with Gasteiger partial charge in [-0.2, -0.15) is 0 Å². The number of benzene rings is 1. The van der Waals surface area contributed by atoms with Gasteiger partial charge in [-0.25, -0.2) is 0 Å². The van der Waals surface area contributed by atoms with Gasteiger partial charge >= 0.3 is 0 Å². The second-order valence-corrected chi connectivity index (χ2v) is 9.07. The summed E-state index contributed by atoms with van der Waals surface area (Å²) < 4.78 is 0. The number of nitrogens with one attached hydrogen (secondary N) is 1. The first-order chi connectivity index (χ1) is 15.2. The fraction of sp³-hybridized carbons (Fsp3) is 0.423. The molecule has 31 heavy (non-hydrogen) atoms. The third-order valence-corrected chi connectivity index (χ3v) is 6.75. The summed E-state index contributed by atoms with van der Waals surface area (Å²) in [5, 5.41) is 3.90. The molecule has 0 spiro atoms. The highest BCUT2D eigenvalue weighted by Gasteiger charge is 2.32. The number of pyridine rings is 1. The quantitative estimate of drug-likeness (QED) is 0.664. The van der Waals surface area contributed by atoms with Gasteiger partial charge in [-0.15, -0.1) is 0 Å². The minimum atomic E-state index is 0.225. The maximum Gasteiger partial charge on any atom is 0.0782 e. The molecule has 1 N–H and O–H groups in total. The van der Waals surface area contributed by atoms with Crippen molar-refractivity contribution >= 4 is 11.6 Å². The maximum atomic E-state index is 6.34. The van der Waals surface area contributed by atoms with Crippen molar-refractivity contribution in [3.8, 4) is 0 Å². The summed E-state index contributed by atoms with van der Waals surface area (Å²) in [7, 11) is 0. The zero-order valence-electron chi connectivity index (χ0n) is 18.5. The van der Waals surface area contributed by atoms with Gasteiger partial charge in [0.05, 0.1) is 11.7 Å². The van der Waals surface area contributed by atoms with E-state index in [0.717, 1.165) is 57.0 Å². The molecule has 4 nitrogen and oxygen atoms in total. The number of nitrogens with zero attached hydrogens (tertiary/aromatic N) is 3. The lowest BCUT2D eigenvalue weighted by Crippen LogP contribution is -2.48. The van der Waals surface area contributed by atoms with Crippen LogP contribution in [0.2, 0.25) is 5.02 Å². The molecule has 164 valence electrons. The lowest BCUT2D eigenvalue weighted by Gasteiger charge is -2.39. The van der Waals surface area contributed by atoms with Crippen LogP contribution in [0, 0.1) is 0 Å². The molecular formula is C26H33ClN4. The minimum Gasteiger partial charge on any atom is -0.368 e. The summed E-state index contributed by atoms with van der Waals surface area (Å²) in [6.07, 6.45) is 10.1. The standard InChI is InChI=1S/C26H33ClN4/c1-3-28-19-20(2)6-5-13-30-14-16-31(17-15-30)26-24-11-10-23(27)18-22(24)9-8-21-7-4-12-29-25(21)26/h3-4,7,10-12,18-19,26,28H,1,5-6,8-9,13-17H2,2H3/b20-19+. The van der Waals surface area contributed by atoms with Crippen molar-refractivity contribution in [2.45, 2.75) is 38.6 Å². The molecule has 1 aromatic carbocycles. The molecule has 1 unspecified atom stereocenters. The highest BCUT2D eigenvalue weighted by Crippen LogP contribution is 2.37. The predicted molar refractivity (Wildman–Crippen MR) is 129 cm³/mol. The Hall–Kier alpha value is -2.14. The molecule has 1 aromatic heterocycles. The van der Waals surface area contributed by atoms with Gasteiger partial charge in [0.1, 0.15) is 0 Å². The number of aromatic nitrogens is 1. The molecule has 1 saturated heterocycles. The van der Waals surface area contributed by atoms with E-state index < -0.39 is 0 Å². The van der Waals surface area contributed by atoms with E-state index in [2.05, 4.69) is 52.9 Å². The molecule has 0 radical (unpaired) electrons. The van der Waals surface area contributed by atoms with E-state index in [1.807, 2.05) is 18.5 Å². The van der Waals surface area contributed by atoms with Crippen molar-refractivity contribution in [1.29, 1.82) is 0 Å². The van der Waals surface area contributed by atoms with Crippen LogP contribution in [0.1, 0.15) is 48.2 Å². The first kappa shape index (κ1) is 22.1. The van der Waals surface area contributed by atoms with E-state index in [0.29, 0.717) is 0 Å². The van der Waals surface area contributed by atoms with E-state index in [1.54, 1.807) is 6.20 Å². The first-order valence-electron chi connectivity index (χ1n) is 11.4. The molecule has 1 atom stereocenters. The van der Waals surface area contributed by atoms with Crippen LogP contribution in [0.3, 0.4) is 0 Å². The highest BCUT2D eigenvalue weighted by molar-refractivity contribution is 6.30. The van der Waals surface area contributed by atoms with Gasteiger partial charge in [-0.05, 0) is 86.4 Å². The molecule has 4 rings (SSSR count). The molecule has 0 bridgehead atoms. The van der Waals surface area contributed by atoms with Crippen molar-refractivity contribution in [2.24, 2.45) is 0 Å². The second-order valence-electron chi connectivity index (χ2n) is 8.64. The number of allylic oxidation sites excluding steroid dienone is 1. The number of hydrogen-bond donors (Lipinski definition) is 1. The smallest absolute Gasteiger partial charge is 0.0782 e. The predicted octanol–water partition coefficient (Wildman–Crippen LogP) is 4.96. The van der Waals surface area contributed by atoms with Crippen LogP contribution in [-0.2, 0) is 12.8 Å². The Morgan fingerprint density at radius 3 is 2.81 bits per heavy atom. The van der Waals surface area contributed by atoms with E-state index >= 15 is 0 Å². The third-order valence-electron chi connectivity index (χ3n) is 6.51. The van der Waals surface area contributed by atoms with Crippen LogP contribution in [0.25, 0.3) is 0 Å². The van der Waals surface area contributed by atoms with Crippen molar-refractivity contribution in [1.82, 2.24) is 20.1 Å². The summed E-state index contributed by atoms with van der Waals surface area (Å²) >= 11 is 6.34. The van der Waals surface area contributed by atoms with Gasteiger partial charge in [-0.1, -0.05) is 35.9 Å². The molecule has 2 aliphatic rings. The van der Waals surface area contributed by atoms with Crippen molar-refractivity contribution in [3.05, 3.63) is 88.5 Å². The zero-order valence-corrected chi connectivity index (χ0v) is 19.2. The van der Waals surface area contributed by atoms with Crippen LogP contribution < -0.4 is 5.32 Å². The lowest BCUT2D eigenvalue weighted by molar-refractivity contribution is 0.107. The molecule has 0 saturated carbocycles.